The second-order valence-electron chi connectivity index (χ2n) is 8.67. The first-order valence-corrected chi connectivity index (χ1v) is 11.1. The van der Waals surface area contributed by atoms with Crippen molar-refractivity contribution in [2.24, 2.45) is 12.8 Å². The first-order chi connectivity index (χ1) is 16.4. The molecule has 0 amide bonds. The minimum atomic E-state index is -0.658. The zero-order chi connectivity index (χ0) is 24.0. The Kier molecular flexibility index (Phi) is 5.38. The van der Waals surface area contributed by atoms with Crippen LogP contribution in [0.15, 0.2) is 47.4 Å². The van der Waals surface area contributed by atoms with Crippen molar-refractivity contribution in [2.75, 3.05) is 18.0 Å². The van der Waals surface area contributed by atoms with E-state index in [2.05, 4.69) is 10.00 Å². The van der Waals surface area contributed by atoms with Crippen LogP contribution in [0.1, 0.15) is 24.0 Å². The lowest BCUT2D eigenvalue weighted by molar-refractivity contribution is 0.497. The Hall–Kier alpha value is -4.03. The van der Waals surface area contributed by atoms with Gasteiger partial charge < -0.3 is 10.6 Å². The van der Waals surface area contributed by atoms with Gasteiger partial charge in [-0.15, -0.1) is 0 Å². The van der Waals surface area contributed by atoms with Gasteiger partial charge in [0, 0.05) is 37.1 Å². The monoisotopic (exact) mass is 457 g/mol. The molecule has 4 aromatic rings. The minimum Gasteiger partial charge on any atom is -0.356 e. The van der Waals surface area contributed by atoms with Crippen molar-refractivity contribution >= 4 is 16.7 Å². The fraction of sp³-hybridized carbons (Fsp3) is 0.280. The van der Waals surface area contributed by atoms with E-state index in [4.69, 9.17) is 16.0 Å². The Labute approximate surface area is 195 Å². The van der Waals surface area contributed by atoms with Crippen LogP contribution in [0.5, 0.6) is 0 Å². The Morgan fingerprint density at radius 1 is 1.18 bits per heavy atom. The van der Waals surface area contributed by atoms with E-state index in [1.807, 2.05) is 31.3 Å². The van der Waals surface area contributed by atoms with Crippen molar-refractivity contribution in [1.29, 1.82) is 5.26 Å². The molecule has 0 aliphatic carbocycles. The van der Waals surface area contributed by atoms with Gasteiger partial charge in [0.2, 0.25) is 0 Å². The normalized spacial score (nSPS) is 14.5. The molecule has 0 bridgehead atoms. The second-order valence-corrected chi connectivity index (χ2v) is 8.67. The molecule has 2 aromatic carbocycles. The fourth-order valence-corrected chi connectivity index (χ4v) is 4.48. The number of fused-ring (bicyclic) bond motifs is 1. The Bertz CT molecular complexity index is 1510. The number of nitriles is 1. The SMILES string of the molecule is Cc1c(N2CCC(N)CC2)nc(-c2ccc(C#N)c(F)c2)n(-c2ccc3c(cnn3C)c2)c1=O. The van der Waals surface area contributed by atoms with E-state index in [1.165, 1.54) is 16.7 Å². The number of hydrogen-bond acceptors (Lipinski definition) is 6. The maximum absolute atomic E-state index is 14.6. The molecule has 8 nitrogen and oxygen atoms in total. The number of nitrogens with two attached hydrogens (primary N) is 1. The highest BCUT2D eigenvalue weighted by atomic mass is 19.1. The molecule has 3 heterocycles. The zero-order valence-corrected chi connectivity index (χ0v) is 19.0. The summed E-state index contributed by atoms with van der Waals surface area (Å²) in [6.45, 7) is 3.16. The van der Waals surface area contributed by atoms with Crippen LogP contribution in [-0.2, 0) is 7.05 Å². The number of aryl methyl sites for hydroxylation is 1. The van der Waals surface area contributed by atoms with E-state index in [-0.39, 0.29) is 17.2 Å². The molecule has 172 valence electrons. The predicted octanol–water partition coefficient (Wildman–Crippen LogP) is 3.03. The summed E-state index contributed by atoms with van der Waals surface area (Å²) in [5.74, 6) is 0.233. The summed E-state index contributed by atoms with van der Waals surface area (Å²) >= 11 is 0. The summed E-state index contributed by atoms with van der Waals surface area (Å²) in [7, 11) is 1.85. The van der Waals surface area contributed by atoms with Crippen LogP contribution in [0.2, 0.25) is 0 Å². The van der Waals surface area contributed by atoms with Gasteiger partial charge in [-0.3, -0.25) is 14.0 Å². The summed E-state index contributed by atoms with van der Waals surface area (Å²) in [5, 5.41) is 14.3. The van der Waals surface area contributed by atoms with Gasteiger partial charge in [-0.1, -0.05) is 0 Å². The molecular weight excluding hydrogens is 433 g/mol. The quantitative estimate of drug-likeness (QED) is 0.507. The third kappa shape index (κ3) is 3.62. The third-order valence-electron chi connectivity index (χ3n) is 6.46. The molecule has 5 rings (SSSR count). The van der Waals surface area contributed by atoms with Gasteiger partial charge in [-0.25, -0.2) is 9.37 Å². The summed E-state index contributed by atoms with van der Waals surface area (Å²) in [6, 6.07) is 11.8. The molecule has 1 fully saturated rings. The Morgan fingerprint density at radius 2 is 1.94 bits per heavy atom. The van der Waals surface area contributed by atoms with E-state index in [0.29, 0.717) is 41.5 Å². The van der Waals surface area contributed by atoms with Gasteiger partial charge in [0.1, 0.15) is 23.5 Å². The highest BCUT2D eigenvalue weighted by Crippen LogP contribution is 2.28. The molecule has 2 N–H and O–H groups in total. The first kappa shape index (κ1) is 21.8. The molecule has 1 aliphatic heterocycles. The van der Waals surface area contributed by atoms with Gasteiger partial charge in [0.15, 0.2) is 0 Å². The minimum absolute atomic E-state index is 0.0632. The van der Waals surface area contributed by atoms with Crippen LogP contribution in [0.25, 0.3) is 28.0 Å². The van der Waals surface area contributed by atoms with Crippen LogP contribution < -0.4 is 16.2 Å². The van der Waals surface area contributed by atoms with Gasteiger partial charge in [-0.2, -0.15) is 10.4 Å². The molecular formula is C25H24FN7O. The topological polar surface area (TPSA) is 106 Å². The number of benzene rings is 2. The highest BCUT2D eigenvalue weighted by Gasteiger charge is 2.24. The Morgan fingerprint density at radius 3 is 2.65 bits per heavy atom. The average molecular weight is 458 g/mol. The standard InChI is InChI=1S/C25H24FN7O/c1-15-23(32-9-7-19(28)8-10-32)30-24(16-3-4-17(13-27)21(26)12-16)33(25(15)34)20-5-6-22-18(11-20)14-29-31(22)2/h3-6,11-12,14,19H,7-10,28H2,1-2H3. The van der Waals surface area contributed by atoms with E-state index in [0.717, 1.165) is 23.7 Å². The average Bonchev–Trinajstić information content (AvgIpc) is 3.21. The maximum Gasteiger partial charge on any atom is 0.263 e. The molecule has 1 aliphatic rings. The third-order valence-corrected chi connectivity index (χ3v) is 6.46. The number of anilines is 1. The summed E-state index contributed by atoms with van der Waals surface area (Å²) < 4.78 is 17.8. The van der Waals surface area contributed by atoms with Gasteiger partial charge in [-0.05, 0) is 56.2 Å². The zero-order valence-electron chi connectivity index (χ0n) is 19.0. The van der Waals surface area contributed by atoms with Crippen LogP contribution in [0, 0.1) is 24.1 Å². The smallest absolute Gasteiger partial charge is 0.263 e. The fourth-order valence-electron chi connectivity index (χ4n) is 4.48. The Balaban J connectivity index is 1.75. The van der Waals surface area contributed by atoms with E-state index in [1.54, 1.807) is 23.9 Å². The maximum atomic E-state index is 14.6. The lowest BCUT2D eigenvalue weighted by Crippen LogP contribution is -2.41. The van der Waals surface area contributed by atoms with Gasteiger partial charge >= 0.3 is 0 Å². The number of rotatable bonds is 3. The number of aromatic nitrogens is 4. The van der Waals surface area contributed by atoms with Crippen molar-refractivity contribution in [3.05, 3.63) is 69.9 Å². The van der Waals surface area contributed by atoms with Crippen molar-refractivity contribution in [3.63, 3.8) is 0 Å². The number of halogens is 1. The number of piperidine rings is 1. The van der Waals surface area contributed by atoms with Crippen molar-refractivity contribution in [3.8, 4) is 23.1 Å². The second kappa shape index (κ2) is 8.39. The number of nitrogens with zero attached hydrogens (tertiary/aromatic N) is 6. The molecule has 9 heteroatoms. The van der Waals surface area contributed by atoms with E-state index < -0.39 is 5.82 Å². The van der Waals surface area contributed by atoms with Crippen LogP contribution >= 0.6 is 0 Å². The molecule has 0 unspecified atom stereocenters. The van der Waals surface area contributed by atoms with Crippen LogP contribution in [0.4, 0.5) is 10.2 Å². The highest BCUT2D eigenvalue weighted by molar-refractivity contribution is 5.81. The van der Waals surface area contributed by atoms with Crippen molar-refractivity contribution in [2.45, 2.75) is 25.8 Å². The molecule has 0 spiro atoms. The van der Waals surface area contributed by atoms with Crippen molar-refractivity contribution < 1.29 is 4.39 Å². The van der Waals surface area contributed by atoms with E-state index >= 15 is 0 Å². The van der Waals surface area contributed by atoms with Crippen molar-refractivity contribution in [1.82, 2.24) is 19.3 Å². The van der Waals surface area contributed by atoms with E-state index in [9.17, 15) is 9.18 Å². The summed E-state index contributed by atoms with van der Waals surface area (Å²) in [5.41, 5.74) is 8.23. The lowest BCUT2D eigenvalue weighted by atomic mass is 10.1. The van der Waals surface area contributed by atoms with Gasteiger partial charge in [0.25, 0.3) is 5.56 Å². The molecule has 0 saturated carbocycles. The molecule has 2 aromatic heterocycles. The molecule has 1 saturated heterocycles. The molecule has 34 heavy (non-hydrogen) atoms. The van der Waals surface area contributed by atoms with Crippen LogP contribution in [0.3, 0.4) is 0 Å². The summed E-state index contributed by atoms with van der Waals surface area (Å²) in [4.78, 5) is 20.7. The lowest BCUT2D eigenvalue weighted by Gasteiger charge is -2.32. The van der Waals surface area contributed by atoms with Crippen LogP contribution in [-0.4, -0.2) is 38.5 Å². The summed E-state index contributed by atoms with van der Waals surface area (Å²) in [6.07, 6.45) is 3.35. The predicted molar refractivity (Wildman–Crippen MR) is 128 cm³/mol. The first-order valence-electron chi connectivity index (χ1n) is 11.1. The molecule has 0 radical (unpaired) electrons. The number of hydrogen-bond donors (Lipinski definition) is 1. The van der Waals surface area contributed by atoms with Gasteiger partial charge in [0.05, 0.1) is 28.5 Å². The molecule has 0 atom stereocenters. The largest absolute Gasteiger partial charge is 0.356 e.